The van der Waals surface area contributed by atoms with Gasteiger partial charge in [0, 0.05) is 11.4 Å². The molecule has 0 spiro atoms. The topological polar surface area (TPSA) is 50.2 Å². The normalized spacial score (nSPS) is 10.0. The van der Waals surface area contributed by atoms with Crippen molar-refractivity contribution in [3.05, 3.63) is 29.1 Å². The van der Waals surface area contributed by atoms with E-state index in [4.69, 9.17) is 5.11 Å². The maximum absolute atomic E-state index is 10.7. The molecule has 0 saturated heterocycles. The van der Waals surface area contributed by atoms with Crippen LogP contribution < -0.4 is 0 Å². The number of nitrogens with zero attached hydrogens (tertiary/aromatic N) is 1. The molecule has 1 rings (SSSR count). The lowest BCUT2D eigenvalue weighted by Gasteiger charge is -2.02. The summed E-state index contributed by atoms with van der Waals surface area (Å²) in [5, 5.41) is 8.77. The molecule has 3 nitrogen and oxygen atoms in total. The number of pyridine rings is 1. The van der Waals surface area contributed by atoms with E-state index in [1.807, 2.05) is 13.8 Å². The first-order chi connectivity index (χ1) is 6.13. The predicted molar refractivity (Wildman–Crippen MR) is 49.9 cm³/mol. The Morgan fingerprint density at radius 2 is 2.23 bits per heavy atom. The predicted octanol–water partition coefficient (Wildman–Crippen LogP) is 2.04. The number of carboxylic acid groups (broad SMARTS) is 1. The van der Waals surface area contributed by atoms with E-state index < -0.39 is 5.97 Å². The van der Waals surface area contributed by atoms with Gasteiger partial charge in [0.05, 0.1) is 5.56 Å². The van der Waals surface area contributed by atoms with Gasteiger partial charge in [-0.25, -0.2) is 4.79 Å². The van der Waals surface area contributed by atoms with Crippen LogP contribution in [0.2, 0.25) is 0 Å². The van der Waals surface area contributed by atoms with E-state index in [0.29, 0.717) is 5.56 Å². The third-order valence-electron chi connectivity index (χ3n) is 1.76. The molecule has 0 fully saturated rings. The van der Waals surface area contributed by atoms with Crippen LogP contribution in [0.15, 0.2) is 12.1 Å². The molecular weight excluding hydrogens is 166 g/mol. The van der Waals surface area contributed by atoms with Crippen LogP contribution in [0.25, 0.3) is 0 Å². The molecule has 0 atom stereocenters. The second kappa shape index (κ2) is 4.03. The summed E-state index contributed by atoms with van der Waals surface area (Å²) in [4.78, 5) is 14.9. The number of carbonyl (C=O) groups is 1. The van der Waals surface area contributed by atoms with Crippen LogP contribution in [0.1, 0.15) is 35.1 Å². The molecule has 0 aromatic carbocycles. The Morgan fingerprint density at radius 1 is 1.54 bits per heavy atom. The zero-order valence-corrected chi connectivity index (χ0v) is 7.87. The zero-order valence-electron chi connectivity index (χ0n) is 7.87. The highest BCUT2D eigenvalue weighted by Gasteiger charge is 2.05. The van der Waals surface area contributed by atoms with Gasteiger partial charge in [-0.1, -0.05) is 13.3 Å². The molecule has 3 heteroatoms. The number of aromatic carboxylic acids is 1. The average Bonchev–Trinajstić information content (AvgIpc) is 2.03. The highest BCUT2D eigenvalue weighted by Crippen LogP contribution is 2.07. The van der Waals surface area contributed by atoms with Gasteiger partial charge in [-0.05, 0) is 25.5 Å². The van der Waals surface area contributed by atoms with Crippen LogP contribution in [-0.4, -0.2) is 16.1 Å². The fraction of sp³-hybridized carbons (Fsp3) is 0.400. The lowest BCUT2D eigenvalue weighted by atomic mass is 10.1. The van der Waals surface area contributed by atoms with Crippen LogP contribution in [0.3, 0.4) is 0 Å². The van der Waals surface area contributed by atoms with Crippen LogP contribution in [0, 0.1) is 6.92 Å². The van der Waals surface area contributed by atoms with Crippen molar-refractivity contribution < 1.29 is 9.90 Å². The van der Waals surface area contributed by atoms with Crippen molar-refractivity contribution in [3.63, 3.8) is 0 Å². The van der Waals surface area contributed by atoms with Gasteiger partial charge in [0.2, 0.25) is 0 Å². The van der Waals surface area contributed by atoms with Crippen LogP contribution in [-0.2, 0) is 6.42 Å². The van der Waals surface area contributed by atoms with Crippen LogP contribution in [0.4, 0.5) is 0 Å². The lowest BCUT2D eigenvalue weighted by molar-refractivity contribution is 0.0696. The van der Waals surface area contributed by atoms with E-state index in [2.05, 4.69) is 4.98 Å². The van der Waals surface area contributed by atoms with Gasteiger partial charge >= 0.3 is 5.97 Å². The number of aromatic nitrogens is 1. The molecule has 1 aromatic heterocycles. The first-order valence-corrected chi connectivity index (χ1v) is 4.34. The second-order valence-electron chi connectivity index (χ2n) is 3.04. The number of rotatable bonds is 3. The number of aryl methyl sites for hydroxylation is 2. The maximum Gasteiger partial charge on any atom is 0.335 e. The summed E-state index contributed by atoms with van der Waals surface area (Å²) in [7, 11) is 0. The fourth-order valence-corrected chi connectivity index (χ4v) is 1.24. The molecule has 0 saturated carbocycles. The van der Waals surface area contributed by atoms with Gasteiger partial charge in [-0.3, -0.25) is 4.98 Å². The first-order valence-electron chi connectivity index (χ1n) is 4.34. The van der Waals surface area contributed by atoms with Crippen LogP contribution >= 0.6 is 0 Å². The Balaban J connectivity index is 3.03. The van der Waals surface area contributed by atoms with Crippen molar-refractivity contribution in [1.29, 1.82) is 0 Å². The molecule has 0 amide bonds. The molecule has 1 aromatic rings. The maximum atomic E-state index is 10.7. The summed E-state index contributed by atoms with van der Waals surface area (Å²) in [5.74, 6) is -0.886. The summed E-state index contributed by atoms with van der Waals surface area (Å²) in [6.07, 6.45) is 1.82. The van der Waals surface area contributed by atoms with E-state index >= 15 is 0 Å². The van der Waals surface area contributed by atoms with E-state index in [0.717, 1.165) is 24.2 Å². The quantitative estimate of drug-likeness (QED) is 0.772. The molecule has 0 radical (unpaired) electrons. The van der Waals surface area contributed by atoms with Gasteiger partial charge in [0.15, 0.2) is 0 Å². The third-order valence-corrected chi connectivity index (χ3v) is 1.76. The standard InChI is InChI=1S/C10H13NO2/c1-3-4-9-6-8(10(12)13)5-7(2)11-9/h5-6H,3-4H2,1-2H3,(H,12,13). The van der Waals surface area contributed by atoms with Crippen molar-refractivity contribution in [3.8, 4) is 0 Å². The largest absolute Gasteiger partial charge is 0.478 e. The first kappa shape index (κ1) is 9.71. The number of hydrogen-bond donors (Lipinski definition) is 1. The monoisotopic (exact) mass is 179 g/mol. The molecule has 0 bridgehead atoms. The highest BCUT2D eigenvalue weighted by atomic mass is 16.4. The van der Waals surface area contributed by atoms with E-state index in [-0.39, 0.29) is 0 Å². The molecule has 13 heavy (non-hydrogen) atoms. The Morgan fingerprint density at radius 3 is 2.77 bits per heavy atom. The minimum atomic E-state index is -0.886. The molecule has 0 unspecified atom stereocenters. The number of carboxylic acids is 1. The van der Waals surface area contributed by atoms with E-state index in [9.17, 15) is 4.79 Å². The summed E-state index contributed by atoms with van der Waals surface area (Å²) < 4.78 is 0. The zero-order chi connectivity index (χ0) is 9.84. The molecule has 70 valence electrons. The van der Waals surface area contributed by atoms with Crippen molar-refractivity contribution in [1.82, 2.24) is 4.98 Å². The number of hydrogen-bond acceptors (Lipinski definition) is 2. The molecular formula is C10H13NO2. The fourth-order valence-electron chi connectivity index (χ4n) is 1.24. The third kappa shape index (κ3) is 2.54. The van der Waals surface area contributed by atoms with Crippen molar-refractivity contribution in [2.75, 3.05) is 0 Å². The van der Waals surface area contributed by atoms with Crippen molar-refractivity contribution >= 4 is 5.97 Å². The Labute approximate surface area is 77.4 Å². The van der Waals surface area contributed by atoms with E-state index in [1.54, 1.807) is 12.1 Å². The summed E-state index contributed by atoms with van der Waals surface area (Å²) in [6, 6.07) is 3.22. The van der Waals surface area contributed by atoms with Gasteiger partial charge in [0.25, 0.3) is 0 Å². The SMILES string of the molecule is CCCc1cc(C(=O)O)cc(C)n1. The van der Waals surface area contributed by atoms with Crippen molar-refractivity contribution in [2.24, 2.45) is 0 Å². The van der Waals surface area contributed by atoms with Crippen LogP contribution in [0.5, 0.6) is 0 Å². The minimum Gasteiger partial charge on any atom is -0.478 e. The van der Waals surface area contributed by atoms with E-state index in [1.165, 1.54) is 0 Å². The highest BCUT2D eigenvalue weighted by molar-refractivity contribution is 5.87. The average molecular weight is 179 g/mol. The summed E-state index contributed by atoms with van der Waals surface area (Å²) >= 11 is 0. The van der Waals surface area contributed by atoms with Crippen molar-refractivity contribution in [2.45, 2.75) is 26.7 Å². The van der Waals surface area contributed by atoms with Gasteiger partial charge in [-0.2, -0.15) is 0 Å². The molecule has 0 aliphatic heterocycles. The van der Waals surface area contributed by atoms with Gasteiger partial charge in [0.1, 0.15) is 0 Å². The summed E-state index contributed by atoms with van der Waals surface area (Å²) in [5.41, 5.74) is 1.96. The second-order valence-corrected chi connectivity index (χ2v) is 3.04. The molecule has 0 aliphatic rings. The van der Waals surface area contributed by atoms with Gasteiger partial charge in [-0.15, -0.1) is 0 Å². The molecule has 1 N–H and O–H groups in total. The molecule has 0 aliphatic carbocycles. The Bertz CT molecular complexity index is 321. The smallest absolute Gasteiger partial charge is 0.335 e. The minimum absolute atomic E-state index is 0.330. The Hall–Kier alpha value is -1.38. The lowest BCUT2D eigenvalue weighted by Crippen LogP contribution is -2.01. The summed E-state index contributed by atoms with van der Waals surface area (Å²) in [6.45, 7) is 3.86. The van der Waals surface area contributed by atoms with Gasteiger partial charge < -0.3 is 5.11 Å². The Kier molecular flexibility index (Phi) is 3.01. The molecule has 1 heterocycles.